The van der Waals surface area contributed by atoms with E-state index in [0.29, 0.717) is 51.1 Å². The Morgan fingerprint density at radius 2 is 1.68 bits per heavy atom. The van der Waals surface area contributed by atoms with Gasteiger partial charge in [0.2, 0.25) is 29.6 Å². The van der Waals surface area contributed by atoms with E-state index in [1.54, 1.807) is 32.8 Å². The summed E-state index contributed by atoms with van der Waals surface area (Å²) in [6.45, 7) is 12.1. The zero-order chi connectivity index (χ0) is 51.9. The van der Waals surface area contributed by atoms with E-state index in [1.807, 2.05) is 35.0 Å². The van der Waals surface area contributed by atoms with Crippen LogP contribution < -0.4 is 30.9 Å². The molecular formula is C54H61ClN13O6P. The summed E-state index contributed by atoms with van der Waals surface area (Å²) in [4.78, 5) is 78.6. The predicted molar refractivity (Wildman–Crippen MR) is 286 cm³/mol. The number of allylic oxidation sites excluding steroid dienone is 1. The molecule has 390 valence electrons. The van der Waals surface area contributed by atoms with Crippen LogP contribution in [-0.4, -0.2) is 140 Å². The van der Waals surface area contributed by atoms with Crippen LogP contribution in [0.3, 0.4) is 0 Å². The van der Waals surface area contributed by atoms with Crippen molar-refractivity contribution in [3.05, 3.63) is 89.3 Å². The first-order valence-electron chi connectivity index (χ1n) is 26.1. The molecule has 1 aliphatic carbocycles. The largest absolute Gasteiger partial charge is 0.494 e. The van der Waals surface area contributed by atoms with E-state index in [2.05, 4.69) is 70.9 Å². The van der Waals surface area contributed by atoms with Gasteiger partial charge in [-0.2, -0.15) is 10.1 Å². The third-order valence-corrected chi connectivity index (χ3v) is 18.7. The second-order valence-corrected chi connectivity index (χ2v) is 25.4. The minimum Gasteiger partial charge on any atom is -0.494 e. The number of piperidine rings is 4. The van der Waals surface area contributed by atoms with Gasteiger partial charge in [0.25, 0.3) is 0 Å². The number of carbonyl (C=O) groups is 4. The van der Waals surface area contributed by atoms with Gasteiger partial charge in [-0.25, -0.2) is 9.67 Å². The fourth-order valence-corrected chi connectivity index (χ4v) is 14.6. The van der Waals surface area contributed by atoms with Crippen LogP contribution in [0.5, 0.6) is 5.75 Å². The van der Waals surface area contributed by atoms with Crippen molar-refractivity contribution in [2.24, 2.45) is 23.2 Å². The molecular weight excluding hydrogens is 993 g/mol. The number of imide groups is 2. The number of carbonyl (C=O) groups excluding carboxylic acids is 4. The summed E-state index contributed by atoms with van der Waals surface area (Å²) < 4.78 is 21.7. The first kappa shape index (κ1) is 49.2. The Kier molecular flexibility index (Phi) is 12.6. The first-order valence-corrected chi connectivity index (χ1v) is 29.1. The van der Waals surface area contributed by atoms with E-state index in [1.165, 1.54) is 18.2 Å². The molecule has 5 fully saturated rings. The fourth-order valence-electron chi connectivity index (χ4n) is 13.1. The summed E-state index contributed by atoms with van der Waals surface area (Å²) in [5.74, 6) is -0.925. The number of likely N-dealkylation sites (tertiary alicyclic amines) is 3. The molecule has 1 spiro atoms. The van der Waals surface area contributed by atoms with Crippen molar-refractivity contribution < 1.29 is 28.5 Å². The van der Waals surface area contributed by atoms with E-state index in [9.17, 15) is 23.7 Å². The van der Waals surface area contributed by atoms with Gasteiger partial charge in [0.1, 0.15) is 29.5 Å². The van der Waals surface area contributed by atoms with Gasteiger partial charge >= 0.3 is 0 Å². The highest BCUT2D eigenvalue weighted by atomic mass is 35.5. The van der Waals surface area contributed by atoms with Crippen LogP contribution in [0.15, 0.2) is 73.0 Å². The second kappa shape index (κ2) is 19.2. The summed E-state index contributed by atoms with van der Waals surface area (Å²) >= 11 is 6.72. The number of methoxy groups -OCH3 is 1. The molecule has 4 atom stereocenters. The monoisotopic (exact) mass is 1050 g/mol. The number of hydrogen-bond acceptors (Lipinski definition) is 16. The maximum Gasteiger partial charge on any atom is 0.249 e. The summed E-state index contributed by atoms with van der Waals surface area (Å²) in [5, 5.41) is 15.1. The molecule has 13 rings (SSSR count). The van der Waals surface area contributed by atoms with E-state index in [-0.39, 0.29) is 46.9 Å². The standard InChI is InChI=1S/C54H61ClN13O6P/c1-31-36-29-67(63-31)44-25-41(60-53-58-27-38(55)49(62-53)59-40-9-8-39-47(57-18-17-56-39)48(40)75(3,4)73)45(74-2)26-43(44)66-20-12-32(13-21-66)37(36)28-64-19-5-14-54(30-64)15-22-65(23-16-54)33-6-7-34-35(24-33)52(72)68(51(34)71)42-10-11-46(69)61-50(42)70/h6-9,17-18,24-27,29,32,34-35,37,42H,5,10-16,19-23,28,30H2,1-4H3,(H,61,69,70)(H2,58,59,60,62). The average Bonchev–Trinajstić information content (AvgIpc) is 3.90. The number of rotatable bonds is 10. The van der Waals surface area contributed by atoms with Crippen molar-refractivity contribution in [1.82, 2.24) is 49.7 Å². The highest BCUT2D eigenvalue weighted by Crippen LogP contribution is 2.47. The zero-order valence-electron chi connectivity index (χ0n) is 42.6. The minimum absolute atomic E-state index is 0.103. The molecule has 10 heterocycles. The van der Waals surface area contributed by atoms with Gasteiger partial charge in [0, 0.05) is 82.0 Å². The van der Waals surface area contributed by atoms with Gasteiger partial charge in [-0.05, 0) is 119 Å². The van der Waals surface area contributed by atoms with E-state index >= 15 is 0 Å². The lowest BCUT2D eigenvalue weighted by Crippen LogP contribution is -2.54. The molecule has 8 aliphatic rings. The maximum atomic E-state index is 13.7. The molecule has 4 bridgehead atoms. The smallest absolute Gasteiger partial charge is 0.249 e. The SMILES string of the molecule is COc1cc2c(cc1Nc1ncc(Cl)c(Nc3ccc4nccnc4c3P(C)(C)=O)n1)-n1cc(c(C)n1)C(CN1CCCC3(CCN(C4=CC5C(=O)N(C6CCC(=O)NC6=O)C(=O)C5C=C4)CC3)C1)C1CCN2CC1. The third kappa shape index (κ3) is 9.03. The predicted octanol–water partition coefficient (Wildman–Crippen LogP) is 6.66. The van der Waals surface area contributed by atoms with Gasteiger partial charge in [-0.3, -0.25) is 39.4 Å². The van der Waals surface area contributed by atoms with Crippen molar-refractivity contribution in [1.29, 1.82) is 0 Å². The number of amides is 4. The number of anilines is 5. The van der Waals surface area contributed by atoms with Crippen molar-refractivity contribution >= 4 is 87.5 Å². The average molecular weight is 1050 g/mol. The van der Waals surface area contributed by atoms with Gasteiger partial charge in [0.15, 0.2) is 5.82 Å². The van der Waals surface area contributed by atoms with E-state index < -0.39 is 30.9 Å². The fraction of sp³-hybridized carbons (Fsp3) is 0.463. The van der Waals surface area contributed by atoms with Crippen LogP contribution in [0.25, 0.3) is 16.7 Å². The van der Waals surface area contributed by atoms with Crippen LogP contribution in [0.4, 0.5) is 28.8 Å². The van der Waals surface area contributed by atoms with Crippen LogP contribution in [-0.2, 0) is 23.7 Å². The molecule has 0 saturated carbocycles. The van der Waals surface area contributed by atoms with Crippen molar-refractivity contribution in [3.63, 3.8) is 0 Å². The summed E-state index contributed by atoms with van der Waals surface area (Å²) in [6, 6.07) is 6.84. The number of nitrogens with zero attached hydrogens (tertiary/aromatic N) is 10. The number of benzene rings is 2. The topological polar surface area (TPSA) is 213 Å². The molecule has 2 aromatic carbocycles. The summed E-state index contributed by atoms with van der Waals surface area (Å²) in [7, 11) is -1.19. The highest BCUT2D eigenvalue weighted by Gasteiger charge is 2.52. The Bertz CT molecular complexity index is 3290. The summed E-state index contributed by atoms with van der Waals surface area (Å²) in [5.41, 5.74) is 7.83. The normalized spacial score (nSPS) is 24.6. The molecule has 3 aromatic heterocycles. The van der Waals surface area contributed by atoms with E-state index in [4.69, 9.17) is 26.4 Å². The van der Waals surface area contributed by atoms with Crippen LogP contribution in [0, 0.1) is 30.1 Å². The van der Waals surface area contributed by atoms with Crippen LogP contribution in [0.1, 0.15) is 68.5 Å². The number of nitrogens with one attached hydrogen (secondary N) is 3. The Morgan fingerprint density at radius 1 is 0.893 bits per heavy atom. The lowest BCUT2D eigenvalue weighted by atomic mass is 9.71. The highest BCUT2D eigenvalue weighted by molar-refractivity contribution is 7.71. The first-order chi connectivity index (χ1) is 36.1. The molecule has 4 unspecified atom stereocenters. The molecule has 4 amide bonds. The number of aromatic nitrogens is 6. The lowest BCUT2D eigenvalue weighted by Gasteiger charge is -2.49. The molecule has 0 radical (unpaired) electrons. The second-order valence-electron chi connectivity index (χ2n) is 21.8. The Balaban J connectivity index is 0.757. The van der Waals surface area contributed by atoms with Crippen molar-refractivity contribution in [3.8, 4) is 11.4 Å². The molecule has 21 heteroatoms. The molecule has 19 nitrogen and oxygen atoms in total. The number of hydrogen-bond donors (Lipinski definition) is 3. The lowest BCUT2D eigenvalue weighted by molar-refractivity contribution is -0.151. The molecule has 3 N–H and O–H groups in total. The molecule has 7 aliphatic heterocycles. The third-order valence-electron chi connectivity index (χ3n) is 16.9. The maximum absolute atomic E-state index is 13.7. The van der Waals surface area contributed by atoms with Gasteiger partial charge < -0.3 is 34.6 Å². The van der Waals surface area contributed by atoms with E-state index in [0.717, 1.165) is 106 Å². The van der Waals surface area contributed by atoms with Crippen LogP contribution >= 0.6 is 18.7 Å². The minimum atomic E-state index is -2.85. The molecule has 5 aromatic rings. The number of ether oxygens (including phenoxy) is 1. The zero-order valence-corrected chi connectivity index (χ0v) is 44.2. The Labute approximate surface area is 439 Å². The number of fused-ring (bicyclic) bond motifs is 4. The number of halogens is 1. The Morgan fingerprint density at radius 3 is 2.45 bits per heavy atom. The van der Waals surface area contributed by atoms with Gasteiger partial charge in [-0.15, -0.1) is 0 Å². The molecule has 75 heavy (non-hydrogen) atoms. The summed E-state index contributed by atoms with van der Waals surface area (Å²) in [6.07, 6.45) is 19.5. The molecule has 5 saturated heterocycles. The van der Waals surface area contributed by atoms with Gasteiger partial charge in [0.05, 0.1) is 64.4 Å². The van der Waals surface area contributed by atoms with Crippen molar-refractivity contribution in [2.75, 3.05) is 81.8 Å². The van der Waals surface area contributed by atoms with Gasteiger partial charge in [-0.1, -0.05) is 17.7 Å². The van der Waals surface area contributed by atoms with Crippen molar-refractivity contribution in [2.45, 2.75) is 70.3 Å². The van der Waals surface area contributed by atoms with Crippen LogP contribution in [0.2, 0.25) is 5.02 Å². The number of aryl methyl sites for hydroxylation is 1. The Hall–Kier alpha value is -6.69. The quantitative estimate of drug-likeness (QED) is 0.0985.